The van der Waals surface area contributed by atoms with E-state index in [2.05, 4.69) is 16.0 Å². The minimum absolute atomic E-state index is 0.0833. The molecule has 3 unspecified atom stereocenters. The van der Waals surface area contributed by atoms with Gasteiger partial charge >= 0.3 is 0 Å². The van der Waals surface area contributed by atoms with Crippen molar-refractivity contribution in [2.45, 2.75) is 51.4 Å². The maximum Gasteiger partial charge on any atom is 0.246 e. The zero-order valence-corrected chi connectivity index (χ0v) is 15.8. The minimum Gasteiger partial charge on any atom is -0.366 e. The lowest BCUT2D eigenvalue weighted by Gasteiger charge is -2.24. The van der Waals surface area contributed by atoms with Gasteiger partial charge < -0.3 is 26.4 Å². The van der Waals surface area contributed by atoms with Crippen molar-refractivity contribution in [3.8, 4) is 0 Å². The van der Waals surface area contributed by atoms with E-state index < -0.39 is 6.04 Å². The van der Waals surface area contributed by atoms with Gasteiger partial charge in [-0.15, -0.1) is 0 Å². The summed E-state index contributed by atoms with van der Waals surface area (Å²) < 4.78 is 5.65. The highest BCUT2D eigenvalue weighted by atomic mass is 16.5. The number of carbonyl (C=O) groups excluding carboxylic acids is 3. The number of rotatable bonds is 1. The standard InChI is InChI=1S/C19H28N4O4/c1-3-16-12(2)23-17(24)10-22-19(26)15(20)8-13-5-4-6-14(7-13)9-21-18(25)11-27-16/h4-7,12,15-16H,3,8-11,20H2,1-2H3,(H,21,25)(H,22,26)(H,23,24). The number of nitrogens with two attached hydrogens (primary N) is 1. The van der Waals surface area contributed by atoms with E-state index in [1.54, 1.807) is 6.92 Å². The molecule has 0 saturated carbocycles. The van der Waals surface area contributed by atoms with Gasteiger partial charge in [0, 0.05) is 6.54 Å². The van der Waals surface area contributed by atoms with Crippen LogP contribution in [0.25, 0.3) is 0 Å². The van der Waals surface area contributed by atoms with Crippen LogP contribution in [-0.4, -0.2) is 49.1 Å². The fraction of sp³-hybridized carbons (Fsp3) is 0.526. The molecule has 1 aliphatic heterocycles. The largest absolute Gasteiger partial charge is 0.366 e. The van der Waals surface area contributed by atoms with E-state index >= 15 is 0 Å². The van der Waals surface area contributed by atoms with Crippen LogP contribution in [0, 0.1) is 0 Å². The van der Waals surface area contributed by atoms with Crippen molar-refractivity contribution in [3.63, 3.8) is 0 Å². The topological polar surface area (TPSA) is 123 Å². The van der Waals surface area contributed by atoms with Gasteiger partial charge in [-0.2, -0.15) is 0 Å². The van der Waals surface area contributed by atoms with Crippen LogP contribution >= 0.6 is 0 Å². The molecule has 0 aromatic heterocycles. The zero-order valence-electron chi connectivity index (χ0n) is 15.8. The van der Waals surface area contributed by atoms with Crippen molar-refractivity contribution >= 4 is 17.7 Å². The van der Waals surface area contributed by atoms with Crippen LogP contribution in [0.2, 0.25) is 0 Å². The molecule has 148 valence electrons. The lowest BCUT2D eigenvalue weighted by atomic mass is 10.0. The Hall–Kier alpha value is -2.45. The van der Waals surface area contributed by atoms with E-state index in [0.717, 1.165) is 11.1 Å². The quantitative estimate of drug-likeness (QED) is 0.531. The van der Waals surface area contributed by atoms with Gasteiger partial charge in [0.1, 0.15) is 6.61 Å². The van der Waals surface area contributed by atoms with Crippen molar-refractivity contribution in [1.29, 1.82) is 0 Å². The summed E-state index contributed by atoms with van der Waals surface area (Å²) in [6.45, 7) is 3.84. The van der Waals surface area contributed by atoms with Crippen LogP contribution in [0.3, 0.4) is 0 Å². The maximum absolute atomic E-state index is 12.1. The Morgan fingerprint density at radius 1 is 1.11 bits per heavy atom. The summed E-state index contributed by atoms with van der Waals surface area (Å²) in [4.78, 5) is 36.3. The predicted octanol–water partition coefficient (Wildman–Crippen LogP) is -0.398. The molecule has 3 atom stereocenters. The molecule has 3 amide bonds. The van der Waals surface area contributed by atoms with E-state index in [1.165, 1.54) is 0 Å². The van der Waals surface area contributed by atoms with Gasteiger partial charge in [0.05, 0.1) is 24.7 Å². The van der Waals surface area contributed by atoms with Gasteiger partial charge in [0.15, 0.2) is 0 Å². The molecule has 1 aromatic rings. The maximum atomic E-state index is 12.1. The Bertz CT molecular complexity index is 679. The molecule has 5 N–H and O–H groups in total. The Labute approximate surface area is 159 Å². The van der Waals surface area contributed by atoms with Crippen LogP contribution in [0.15, 0.2) is 24.3 Å². The number of carbonyl (C=O) groups is 3. The van der Waals surface area contributed by atoms with E-state index in [9.17, 15) is 14.4 Å². The highest BCUT2D eigenvalue weighted by Crippen LogP contribution is 2.08. The first kappa shape index (κ1) is 20.9. The first-order valence-corrected chi connectivity index (χ1v) is 9.17. The second-order valence-corrected chi connectivity index (χ2v) is 6.74. The zero-order chi connectivity index (χ0) is 19.8. The molecule has 8 heteroatoms. The van der Waals surface area contributed by atoms with E-state index in [0.29, 0.717) is 19.4 Å². The lowest BCUT2D eigenvalue weighted by molar-refractivity contribution is -0.130. The van der Waals surface area contributed by atoms with Gasteiger partial charge in [0.2, 0.25) is 17.7 Å². The Morgan fingerprint density at radius 3 is 2.59 bits per heavy atom. The summed E-state index contributed by atoms with van der Waals surface area (Å²) in [5, 5.41) is 8.15. The molecular formula is C19H28N4O4. The summed E-state index contributed by atoms with van der Waals surface area (Å²) in [5.41, 5.74) is 7.75. The number of fused-ring (bicyclic) bond motifs is 2. The van der Waals surface area contributed by atoms with E-state index in [-0.39, 0.29) is 43.0 Å². The first-order valence-electron chi connectivity index (χ1n) is 9.17. The average Bonchev–Trinajstić information content (AvgIpc) is 2.64. The first-order chi connectivity index (χ1) is 12.9. The second-order valence-electron chi connectivity index (χ2n) is 6.74. The van der Waals surface area contributed by atoms with Crippen LogP contribution in [-0.2, 0) is 32.1 Å². The fourth-order valence-electron chi connectivity index (χ4n) is 2.96. The monoisotopic (exact) mass is 376 g/mol. The van der Waals surface area contributed by atoms with Crippen LogP contribution < -0.4 is 21.7 Å². The lowest BCUT2D eigenvalue weighted by Crippen LogP contribution is -2.49. The van der Waals surface area contributed by atoms with Gasteiger partial charge in [0.25, 0.3) is 0 Å². The highest BCUT2D eigenvalue weighted by Gasteiger charge is 2.21. The molecule has 1 aliphatic rings. The van der Waals surface area contributed by atoms with Crippen molar-refractivity contribution in [2.75, 3.05) is 13.2 Å². The van der Waals surface area contributed by atoms with Gasteiger partial charge in [-0.1, -0.05) is 31.2 Å². The normalized spacial score (nSPS) is 25.7. The molecule has 0 saturated heterocycles. The smallest absolute Gasteiger partial charge is 0.246 e. The van der Waals surface area contributed by atoms with Crippen molar-refractivity contribution < 1.29 is 19.1 Å². The molecule has 0 radical (unpaired) electrons. The molecule has 2 bridgehead atoms. The number of amides is 3. The third-order valence-electron chi connectivity index (χ3n) is 4.47. The average molecular weight is 376 g/mol. The molecule has 0 fully saturated rings. The molecule has 2 rings (SSSR count). The fourth-order valence-corrected chi connectivity index (χ4v) is 2.96. The van der Waals surface area contributed by atoms with E-state index in [1.807, 2.05) is 31.2 Å². The number of ether oxygens (including phenoxy) is 1. The summed E-state index contributed by atoms with van der Waals surface area (Å²) in [5.74, 6) is -0.944. The van der Waals surface area contributed by atoms with Crippen LogP contribution in [0.1, 0.15) is 31.4 Å². The van der Waals surface area contributed by atoms with Crippen molar-refractivity contribution in [2.24, 2.45) is 5.73 Å². The van der Waals surface area contributed by atoms with Crippen molar-refractivity contribution in [3.05, 3.63) is 35.4 Å². The third-order valence-corrected chi connectivity index (χ3v) is 4.47. The summed E-state index contributed by atoms with van der Waals surface area (Å²) in [7, 11) is 0. The van der Waals surface area contributed by atoms with Crippen molar-refractivity contribution in [1.82, 2.24) is 16.0 Å². The molecule has 8 nitrogen and oxygen atoms in total. The molecule has 27 heavy (non-hydrogen) atoms. The number of hydrogen-bond acceptors (Lipinski definition) is 5. The number of nitrogens with one attached hydrogen (secondary N) is 3. The Kier molecular flexibility index (Phi) is 7.75. The van der Waals surface area contributed by atoms with Gasteiger partial charge in [-0.25, -0.2) is 0 Å². The Balaban J connectivity index is 2.14. The third kappa shape index (κ3) is 6.65. The van der Waals surface area contributed by atoms with Crippen LogP contribution in [0.4, 0.5) is 0 Å². The summed E-state index contributed by atoms with van der Waals surface area (Å²) >= 11 is 0. The molecule has 1 aromatic carbocycles. The van der Waals surface area contributed by atoms with Gasteiger partial charge in [-0.05, 0) is 30.9 Å². The molecule has 1 heterocycles. The minimum atomic E-state index is -0.762. The Morgan fingerprint density at radius 2 is 1.85 bits per heavy atom. The van der Waals surface area contributed by atoms with E-state index in [4.69, 9.17) is 10.5 Å². The van der Waals surface area contributed by atoms with Gasteiger partial charge in [-0.3, -0.25) is 14.4 Å². The number of benzene rings is 1. The summed E-state index contributed by atoms with van der Waals surface area (Å²) in [6.07, 6.45) is 0.664. The number of hydrogen-bond donors (Lipinski definition) is 4. The molecule has 0 aliphatic carbocycles. The predicted molar refractivity (Wildman–Crippen MR) is 101 cm³/mol. The molecule has 0 spiro atoms. The highest BCUT2D eigenvalue weighted by molar-refractivity contribution is 5.87. The van der Waals surface area contributed by atoms with Crippen LogP contribution in [0.5, 0.6) is 0 Å². The SMILES string of the molecule is CCC1OCC(=O)NCc2cccc(c2)CC(N)C(=O)NCC(=O)NC1C. The summed E-state index contributed by atoms with van der Waals surface area (Å²) in [6, 6.07) is 6.46. The molecular weight excluding hydrogens is 348 g/mol. The second kappa shape index (κ2) is 10.0.